The van der Waals surface area contributed by atoms with Gasteiger partial charge < -0.3 is 18.9 Å². The molecule has 0 N–H and O–H groups in total. The van der Waals surface area contributed by atoms with E-state index in [1.54, 1.807) is 6.92 Å². The average Bonchev–Trinajstić information content (AvgIpc) is 3.18. The van der Waals surface area contributed by atoms with Gasteiger partial charge in [-0.2, -0.15) is 0 Å². The lowest BCUT2D eigenvalue weighted by atomic mass is 9.92. The smallest absolute Gasteiger partial charge is 0.335 e. The Labute approximate surface area is 248 Å². The molecule has 0 saturated heterocycles. The number of fused-ring (bicyclic) bond motifs is 2. The first-order chi connectivity index (χ1) is 20.6. The highest BCUT2D eigenvalue weighted by Crippen LogP contribution is 2.38. The second-order valence-corrected chi connectivity index (χ2v) is 10.3. The van der Waals surface area contributed by atoms with Crippen LogP contribution in [0, 0.1) is 0 Å². The Bertz CT molecular complexity index is 1510. The monoisotopic (exact) mass is 562 g/mol. The topological polar surface area (TPSA) is 54.0 Å². The predicted molar refractivity (Wildman–Crippen MR) is 167 cm³/mol. The van der Waals surface area contributed by atoms with Crippen LogP contribution in [0.25, 0.3) is 23.3 Å². The van der Waals surface area contributed by atoms with Crippen molar-refractivity contribution in [2.75, 3.05) is 26.9 Å². The number of hydrogen-bond donors (Lipinski definition) is 0. The first-order valence-electron chi connectivity index (χ1n) is 14.6. The minimum Gasteiger partial charge on any atom is -0.491 e. The molecule has 5 rings (SSSR count). The second kappa shape index (κ2) is 14.1. The molecule has 42 heavy (non-hydrogen) atoms. The van der Waals surface area contributed by atoms with E-state index in [1.165, 1.54) is 34.9 Å². The maximum absolute atomic E-state index is 12.1. The summed E-state index contributed by atoms with van der Waals surface area (Å²) in [7, 11) is 1.52. The van der Waals surface area contributed by atoms with Gasteiger partial charge in [0.2, 0.25) is 0 Å². The van der Waals surface area contributed by atoms with Gasteiger partial charge >= 0.3 is 5.97 Å². The van der Waals surface area contributed by atoms with Crippen LogP contribution in [0.2, 0.25) is 0 Å². The van der Waals surface area contributed by atoms with Crippen LogP contribution < -0.4 is 4.74 Å². The molecule has 0 radical (unpaired) electrons. The van der Waals surface area contributed by atoms with Gasteiger partial charge in [0.15, 0.2) is 6.10 Å². The minimum absolute atomic E-state index is 0.207. The molecule has 2 unspecified atom stereocenters. The Balaban J connectivity index is 1.28. The lowest BCUT2D eigenvalue weighted by Crippen LogP contribution is -2.27. The van der Waals surface area contributed by atoms with Crippen molar-refractivity contribution in [1.82, 2.24) is 0 Å². The van der Waals surface area contributed by atoms with Crippen LogP contribution in [0.4, 0.5) is 0 Å². The molecule has 0 heterocycles. The molecule has 0 fully saturated rings. The molecule has 5 heteroatoms. The third-order valence-electron chi connectivity index (χ3n) is 7.58. The zero-order chi connectivity index (χ0) is 29.3. The third kappa shape index (κ3) is 6.99. The van der Waals surface area contributed by atoms with Crippen molar-refractivity contribution >= 4 is 18.1 Å². The maximum atomic E-state index is 12.1. The number of aryl methyl sites for hydroxylation is 1. The molecule has 0 amide bonds. The third-order valence-corrected chi connectivity index (χ3v) is 7.58. The van der Waals surface area contributed by atoms with Crippen LogP contribution in [0.3, 0.4) is 0 Å². The molecule has 2 atom stereocenters. The zero-order valence-corrected chi connectivity index (χ0v) is 24.5. The van der Waals surface area contributed by atoms with E-state index in [9.17, 15) is 4.79 Å². The van der Waals surface area contributed by atoms with Gasteiger partial charge in [0.25, 0.3) is 0 Å². The number of hydrogen-bond acceptors (Lipinski definition) is 5. The molecule has 0 aromatic heterocycles. The Morgan fingerprint density at radius 3 is 2.26 bits per heavy atom. The van der Waals surface area contributed by atoms with E-state index in [2.05, 4.69) is 79.7 Å². The molecular formula is C37H38O5. The summed E-state index contributed by atoms with van der Waals surface area (Å²) in [6.45, 7) is 5.13. The molecule has 1 aliphatic carbocycles. The van der Waals surface area contributed by atoms with Crippen LogP contribution in [0.5, 0.6) is 5.75 Å². The number of esters is 1. The highest BCUT2D eigenvalue weighted by molar-refractivity contribution is 5.79. The number of carbonyl (C=O) groups is 1. The summed E-state index contributed by atoms with van der Waals surface area (Å²) in [6.07, 6.45) is 4.97. The number of benzene rings is 4. The molecule has 216 valence electrons. The predicted octanol–water partition coefficient (Wildman–Crippen LogP) is 7.71. The summed E-state index contributed by atoms with van der Waals surface area (Å²) >= 11 is 0. The molecule has 0 bridgehead atoms. The van der Waals surface area contributed by atoms with Gasteiger partial charge in [-0.3, -0.25) is 0 Å². The molecule has 4 aromatic rings. The number of methoxy groups -OCH3 is 1. The summed E-state index contributed by atoms with van der Waals surface area (Å²) in [5.74, 6) is 0.397. The lowest BCUT2D eigenvalue weighted by Gasteiger charge is -2.22. The standard InChI is InChI=1S/C37H38O5/c1-4-26-11-14-29-15-16-31-25-30(28-9-7-6-8-10-28)17-20-33(31)36(34(29)23-26)42-22-21-41-32-18-12-27(13-19-32)24-35(39-3)37(38)40-5-2/h6-20,23,25,35-36H,4-5,21-22,24H2,1-3H3. The van der Waals surface area contributed by atoms with E-state index in [0.717, 1.165) is 28.9 Å². The maximum Gasteiger partial charge on any atom is 0.335 e. The van der Waals surface area contributed by atoms with Gasteiger partial charge in [-0.05, 0) is 76.1 Å². The molecule has 5 nitrogen and oxygen atoms in total. The van der Waals surface area contributed by atoms with Gasteiger partial charge in [-0.25, -0.2) is 4.79 Å². The SMILES string of the molecule is CCOC(=O)C(Cc1ccc(OCCOC2c3ccc(-c4ccccc4)cc3C=Cc3ccc(CC)cc32)cc1)OC. The van der Waals surface area contributed by atoms with Gasteiger partial charge in [0.1, 0.15) is 18.5 Å². The van der Waals surface area contributed by atoms with Crippen LogP contribution in [0.15, 0.2) is 91.0 Å². The van der Waals surface area contributed by atoms with E-state index in [-0.39, 0.29) is 12.1 Å². The fourth-order valence-corrected chi connectivity index (χ4v) is 5.28. The Morgan fingerprint density at radius 1 is 0.762 bits per heavy atom. The Kier molecular flexibility index (Phi) is 9.86. The van der Waals surface area contributed by atoms with Crippen molar-refractivity contribution in [3.05, 3.63) is 124 Å². The van der Waals surface area contributed by atoms with Crippen LogP contribution in [0.1, 0.15) is 53.3 Å². The van der Waals surface area contributed by atoms with Crippen LogP contribution in [-0.2, 0) is 31.8 Å². The highest BCUT2D eigenvalue weighted by atomic mass is 16.6. The van der Waals surface area contributed by atoms with Crippen molar-refractivity contribution < 1.29 is 23.7 Å². The van der Waals surface area contributed by atoms with Crippen LogP contribution >= 0.6 is 0 Å². The molecule has 0 aliphatic heterocycles. The van der Waals surface area contributed by atoms with E-state index in [4.69, 9.17) is 18.9 Å². The fraction of sp³-hybridized carbons (Fsp3) is 0.270. The van der Waals surface area contributed by atoms with Gasteiger partial charge in [-0.15, -0.1) is 0 Å². The summed E-state index contributed by atoms with van der Waals surface area (Å²) in [6, 6.07) is 31.4. The van der Waals surface area contributed by atoms with Crippen molar-refractivity contribution in [3.63, 3.8) is 0 Å². The number of carbonyl (C=O) groups excluding carboxylic acids is 1. The summed E-state index contributed by atoms with van der Waals surface area (Å²) in [4.78, 5) is 12.1. The minimum atomic E-state index is -0.623. The molecule has 0 spiro atoms. The van der Waals surface area contributed by atoms with Crippen molar-refractivity contribution in [2.24, 2.45) is 0 Å². The zero-order valence-electron chi connectivity index (χ0n) is 24.5. The van der Waals surface area contributed by atoms with E-state index >= 15 is 0 Å². The fourth-order valence-electron chi connectivity index (χ4n) is 5.28. The molecule has 1 aliphatic rings. The first-order valence-corrected chi connectivity index (χ1v) is 14.6. The van der Waals surface area contributed by atoms with Gasteiger partial charge in [0.05, 0.1) is 13.2 Å². The summed E-state index contributed by atoms with van der Waals surface area (Å²) in [5.41, 5.74) is 9.29. The molecular weight excluding hydrogens is 524 g/mol. The number of rotatable bonds is 12. The number of ether oxygens (including phenoxy) is 4. The second-order valence-electron chi connectivity index (χ2n) is 10.3. The van der Waals surface area contributed by atoms with Gasteiger partial charge in [-0.1, -0.05) is 91.9 Å². The normalized spacial score (nSPS) is 14.4. The van der Waals surface area contributed by atoms with E-state index in [1.807, 2.05) is 30.3 Å². The average molecular weight is 563 g/mol. The first kappa shape index (κ1) is 29.3. The summed E-state index contributed by atoms with van der Waals surface area (Å²) in [5, 5.41) is 0. The summed E-state index contributed by atoms with van der Waals surface area (Å²) < 4.78 is 23.0. The van der Waals surface area contributed by atoms with Crippen molar-refractivity contribution in [1.29, 1.82) is 0 Å². The van der Waals surface area contributed by atoms with Gasteiger partial charge in [0, 0.05) is 13.5 Å². The highest BCUT2D eigenvalue weighted by Gasteiger charge is 2.23. The van der Waals surface area contributed by atoms with E-state index in [0.29, 0.717) is 26.2 Å². The van der Waals surface area contributed by atoms with Crippen LogP contribution in [-0.4, -0.2) is 39.0 Å². The lowest BCUT2D eigenvalue weighted by molar-refractivity contribution is -0.154. The quantitative estimate of drug-likeness (QED) is 0.131. The van der Waals surface area contributed by atoms with Crippen molar-refractivity contribution in [2.45, 2.75) is 38.9 Å². The van der Waals surface area contributed by atoms with E-state index < -0.39 is 6.10 Å². The molecule has 0 saturated carbocycles. The Hall–Kier alpha value is -4.19. The Morgan fingerprint density at radius 2 is 1.52 bits per heavy atom. The largest absolute Gasteiger partial charge is 0.491 e. The molecule has 4 aromatic carbocycles. The van der Waals surface area contributed by atoms with Crippen molar-refractivity contribution in [3.8, 4) is 16.9 Å².